The van der Waals surface area contributed by atoms with Crippen molar-refractivity contribution in [2.24, 2.45) is 0 Å². The quantitative estimate of drug-likeness (QED) is 0.894. The van der Waals surface area contributed by atoms with Crippen molar-refractivity contribution in [2.75, 3.05) is 20.1 Å². The Hall–Kier alpha value is -1.30. The third kappa shape index (κ3) is 3.60. The molecule has 1 rings (SSSR count). The molecule has 0 aromatic carbocycles. The second kappa shape index (κ2) is 6.58. The predicted octanol–water partition coefficient (Wildman–Crippen LogP) is 1.48. The molecule has 0 fully saturated rings. The largest absolute Gasteiger partial charge is 0.355 e. The van der Waals surface area contributed by atoms with E-state index in [-0.39, 0.29) is 18.4 Å². The van der Waals surface area contributed by atoms with Gasteiger partial charge in [0.1, 0.15) is 5.69 Å². The third-order valence-electron chi connectivity index (χ3n) is 2.52. The summed E-state index contributed by atoms with van der Waals surface area (Å²) in [6.07, 6.45) is 1.85. The fourth-order valence-electron chi connectivity index (χ4n) is 1.65. The van der Waals surface area contributed by atoms with Gasteiger partial charge in [-0.1, -0.05) is 0 Å². The number of likely N-dealkylation sites (N-methyl/N-ethyl adjacent to an activating group) is 2. The van der Waals surface area contributed by atoms with Crippen molar-refractivity contribution in [1.29, 1.82) is 0 Å². The zero-order valence-corrected chi connectivity index (χ0v) is 12.5. The molecule has 0 aliphatic rings. The standard InChI is InChI=1S/C12H18BrN3O2/c1-4-14-11(17)8-15(3)12(18)10-6-9(13)7-16(10)5-2/h6-7H,4-5,8H2,1-3H3,(H,14,17). The topological polar surface area (TPSA) is 54.3 Å². The lowest BCUT2D eigenvalue weighted by molar-refractivity contribution is -0.121. The Morgan fingerprint density at radius 1 is 1.44 bits per heavy atom. The molecule has 0 bridgehead atoms. The number of carbonyl (C=O) groups excluding carboxylic acids is 2. The number of hydrogen-bond acceptors (Lipinski definition) is 2. The summed E-state index contributed by atoms with van der Waals surface area (Å²) in [5.41, 5.74) is 0.580. The van der Waals surface area contributed by atoms with Crippen LogP contribution in [0.5, 0.6) is 0 Å². The number of hydrogen-bond donors (Lipinski definition) is 1. The summed E-state index contributed by atoms with van der Waals surface area (Å²) in [7, 11) is 1.62. The van der Waals surface area contributed by atoms with E-state index >= 15 is 0 Å². The van der Waals surface area contributed by atoms with E-state index in [4.69, 9.17) is 0 Å². The average Bonchev–Trinajstić information content (AvgIpc) is 2.69. The highest BCUT2D eigenvalue weighted by atomic mass is 79.9. The van der Waals surface area contributed by atoms with Crippen LogP contribution in [-0.2, 0) is 11.3 Å². The number of aromatic nitrogens is 1. The molecule has 5 nitrogen and oxygen atoms in total. The van der Waals surface area contributed by atoms with E-state index in [2.05, 4.69) is 21.2 Å². The van der Waals surface area contributed by atoms with Gasteiger partial charge >= 0.3 is 0 Å². The van der Waals surface area contributed by atoms with Crippen LogP contribution >= 0.6 is 15.9 Å². The van der Waals surface area contributed by atoms with Gasteiger partial charge in [-0.3, -0.25) is 9.59 Å². The second-order valence-electron chi connectivity index (χ2n) is 3.94. The summed E-state index contributed by atoms with van der Waals surface area (Å²) in [4.78, 5) is 25.0. The molecule has 0 radical (unpaired) electrons. The predicted molar refractivity (Wildman–Crippen MR) is 73.5 cm³/mol. The molecule has 0 aliphatic carbocycles. The van der Waals surface area contributed by atoms with Gasteiger partial charge in [-0.2, -0.15) is 0 Å². The zero-order valence-electron chi connectivity index (χ0n) is 10.9. The second-order valence-corrected chi connectivity index (χ2v) is 4.86. The minimum Gasteiger partial charge on any atom is -0.355 e. The van der Waals surface area contributed by atoms with Crippen LogP contribution in [0, 0.1) is 0 Å². The number of nitrogens with one attached hydrogen (secondary N) is 1. The summed E-state index contributed by atoms with van der Waals surface area (Å²) in [5.74, 6) is -0.309. The molecule has 0 saturated carbocycles. The van der Waals surface area contributed by atoms with Gasteiger partial charge in [-0.25, -0.2) is 0 Å². The van der Waals surface area contributed by atoms with Crippen molar-refractivity contribution in [2.45, 2.75) is 20.4 Å². The van der Waals surface area contributed by atoms with Crippen molar-refractivity contribution < 1.29 is 9.59 Å². The molecule has 0 unspecified atom stereocenters. The van der Waals surface area contributed by atoms with Crippen LogP contribution in [-0.4, -0.2) is 41.4 Å². The molecule has 0 aliphatic heterocycles. The number of halogens is 1. The molecule has 1 aromatic heterocycles. The Labute approximate surface area is 115 Å². The molecule has 6 heteroatoms. The first-order chi connectivity index (χ1) is 8.49. The minimum atomic E-state index is -0.159. The van der Waals surface area contributed by atoms with Gasteiger partial charge in [-0.05, 0) is 35.8 Å². The molecular formula is C12H18BrN3O2. The van der Waals surface area contributed by atoms with E-state index in [9.17, 15) is 9.59 Å². The maximum Gasteiger partial charge on any atom is 0.270 e. The Kier molecular flexibility index (Phi) is 5.40. The van der Waals surface area contributed by atoms with Gasteiger partial charge in [-0.15, -0.1) is 0 Å². The van der Waals surface area contributed by atoms with E-state index in [1.165, 1.54) is 4.90 Å². The Balaban J connectivity index is 2.76. The highest BCUT2D eigenvalue weighted by Crippen LogP contribution is 2.16. The van der Waals surface area contributed by atoms with E-state index in [0.29, 0.717) is 18.8 Å². The van der Waals surface area contributed by atoms with E-state index in [1.807, 2.05) is 24.6 Å². The molecule has 100 valence electrons. The Morgan fingerprint density at radius 3 is 2.67 bits per heavy atom. The van der Waals surface area contributed by atoms with Crippen LogP contribution in [0.1, 0.15) is 24.3 Å². The number of nitrogens with zero attached hydrogens (tertiary/aromatic N) is 2. The number of carbonyl (C=O) groups is 2. The van der Waals surface area contributed by atoms with Crippen LogP contribution in [0.4, 0.5) is 0 Å². The molecule has 18 heavy (non-hydrogen) atoms. The molecule has 0 spiro atoms. The summed E-state index contributed by atoms with van der Waals surface area (Å²) >= 11 is 3.35. The third-order valence-corrected chi connectivity index (χ3v) is 2.96. The SMILES string of the molecule is CCNC(=O)CN(C)C(=O)c1cc(Br)cn1CC. The van der Waals surface area contributed by atoms with E-state index in [0.717, 1.165) is 4.47 Å². The van der Waals surface area contributed by atoms with Gasteiger partial charge in [0.2, 0.25) is 5.91 Å². The summed E-state index contributed by atoms with van der Waals surface area (Å²) < 4.78 is 2.71. The fraction of sp³-hybridized carbons (Fsp3) is 0.500. The van der Waals surface area contributed by atoms with Gasteiger partial charge in [0, 0.05) is 30.8 Å². The maximum absolute atomic E-state index is 12.2. The van der Waals surface area contributed by atoms with Gasteiger partial charge in [0.25, 0.3) is 5.91 Å². The first-order valence-electron chi connectivity index (χ1n) is 5.87. The van der Waals surface area contributed by atoms with Gasteiger partial charge < -0.3 is 14.8 Å². The molecule has 1 N–H and O–H groups in total. The highest BCUT2D eigenvalue weighted by molar-refractivity contribution is 9.10. The molecule has 0 saturated heterocycles. The minimum absolute atomic E-state index is 0.0686. The van der Waals surface area contributed by atoms with Crippen molar-refractivity contribution in [1.82, 2.24) is 14.8 Å². The lowest BCUT2D eigenvalue weighted by Crippen LogP contribution is -2.38. The number of rotatable bonds is 5. The van der Waals surface area contributed by atoms with E-state index < -0.39 is 0 Å². The molecular weight excluding hydrogens is 298 g/mol. The fourth-order valence-corrected chi connectivity index (χ4v) is 2.12. The smallest absolute Gasteiger partial charge is 0.270 e. The zero-order chi connectivity index (χ0) is 13.7. The van der Waals surface area contributed by atoms with Crippen LogP contribution in [0.3, 0.4) is 0 Å². The van der Waals surface area contributed by atoms with Crippen molar-refractivity contribution in [3.63, 3.8) is 0 Å². The maximum atomic E-state index is 12.2. The highest BCUT2D eigenvalue weighted by Gasteiger charge is 2.18. The molecule has 2 amide bonds. The average molecular weight is 316 g/mol. The first kappa shape index (κ1) is 14.8. The number of aryl methyl sites for hydroxylation is 1. The summed E-state index contributed by atoms with van der Waals surface area (Å²) in [5, 5.41) is 2.67. The van der Waals surface area contributed by atoms with Crippen LogP contribution < -0.4 is 5.32 Å². The summed E-state index contributed by atoms with van der Waals surface area (Å²) in [6.45, 7) is 5.16. The van der Waals surface area contributed by atoms with Crippen LogP contribution in [0.2, 0.25) is 0 Å². The van der Waals surface area contributed by atoms with Crippen LogP contribution in [0.15, 0.2) is 16.7 Å². The van der Waals surface area contributed by atoms with Crippen molar-refractivity contribution in [3.05, 3.63) is 22.4 Å². The van der Waals surface area contributed by atoms with E-state index in [1.54, 1.807) is 13.1 Å². The van der Waals surface area contributed by atoms with Crippen molar-refractivity contribution >= 4 is 27.7 Å². The normalized spacial score (nSPS) is 10.2. The van der Waals surface area contributed by atoms with Gasteiger partial charge in [0.05, 0.1) is 6.54 Å². The molecule has 0 atom stereocenters. The Morgan fingerprint density at radius 2 is 2.11 bits per heavy atom. The van der Waals surface area contributed by atoms with Gasteiger partial charge in [0.15, 0.2) is 0 Å². The monoisotopic (exact) mass is 315 g/mol. The lowest BCUT2D eigenvalue weighted by Gasteiger charge is -2.17. The molecule has 1 heterocycles. The van der Waals surface area contributed by atoms with Crippen LogP contribution in [0.25, 0.3) is 0 Å². The van der Waals surface area contributed by atoms with Crippen molar-refractivity contribution in [3.8, 4) is 0 Å². The molecule has 1 aromatic rings. The lowest BCUT2D eigenvalue weighted by atomic mass is 10.3. The first-order valence-corrected chi connectivity index (χ1v) is 6.66. The summed E-state index contributed by atoms with van der Waals surface area (Å²) in [6, 6.07) is 1.76. The number of amides is 2. The Bertz CT molecular complexity index is 443.